The average molecular weight is 668 g/mol. The molecule has 0 unspecified atom stereocenters. The van der Waals surface area contributed by atoms with Gasteiger partial charge in [-0.1, -0.05) is 0 Å². The Morgan fingerprint density at radius 3 is 2.54 bits per heavy atom. The van der Waals surface area contributed by atoms with Gasteiger partial charge in [0, 0.05) is 0 Å². The quantitative estimate of drug-likeness (QED) is 0.214. The number of aryl methyl sites for hydroxylation is 1. The summed E-state index contributed by atoms with van der Waals surface area (Å²) in [6.07, 6.45) is 6.22. The molecule has 1 saturated carbocycles. The van der Waals surface area contributed by atoms with Crippen molar-refractivity contribution in [3.63, 3.8) is 0 Å². The first-order valence-corrected chi connectivity index (χ1v) is 17.1. The molecule has 0 saturated heterocycles. The molecule has 6 N–H and O–H groups in total. The predicted molar refractivity (Wildman–Crippen MR) is 161 cm³/mol. The van der Waals surface area contributed by atoms with Crippen LogP contribution >= 0.6 is 23.2 Å². The monoisotopic (exact) mass is 667 g/mol. The number of carboxylic acid groups (broad SMARTS) is 1. The van der Waals surface area contributed by atoms with Gasteiger partial charge in [-0.05, 0) is 0 Å². The first-order valence-electron chi connectivity index (χ1n) is 14.3. The number of carbonyl (C=O) groups is 4. The molecule has 1 radical (unpaired) electrons. The van der Waals surface area contributed by atoms with E-state index in [1.807, 2.05) is 6.92 Å². The Morgan fingerprint density at radius 2 is 1.90 bits per heavy atom. The van der Waals surface area contributed by atoms with Gasteiger partial charge in [0.1, 0.15) is 0 Å². The molecule has 2 aliphatic carbocycles. The fraction of sp³-hybridized carbons (Fsp3) is 0.586. The van der Waals surface area contributed by atoms with Crippen LogP contribution in [0.1, 0.15) is 76.5 Å². The average Bonchev–Trinajstić information content (AvgIpc) is 3.29. The zero-order valence-corrected chi connectivity index (χ0v) is 26.8. The van der Waals surface area contributed by atoms with E-state index < -0.39 is 49.9 Å². The molecule has 3 amide bonds. The number of hydrogen-bond donors (Lipinski definition) is 5. The van der Waals surface area contributed by atoms with Crippen LogP contribution in [0, 0.1) is 11.8 Å². The van der Waals surface area contributed by atoms with Crippen LogP contribution in [-0.2, 0) is 27.2 Å². The number of aromatic nitrogens is 1. The Kier molecular flexibility index (Phi) is 10.4. The number of carbonyl (C=O) groups excluding carboxylic acids is 3. The van der Waals surface area contributed by atoms with Crippen molar-refractivity contribution >= 4 is 72.3 Å². The fourth-order valence-corrected chi connectivity index (χ4v) is 9.48. The van der Waals surface area contributed by atoms with Crippen molar-refractivity contribution < 1.29 is 24.3 Å². The Bertz CT molecular complexity index is 1330. The number of rotatable bonds is 11. The van der Waals surface area contributed by atoms with Gasteiger partial charge in [-0.15, -0.1) is 0 Å². The number of fused-ring (bicyclic) bond motifs is 3. The van der Waals surface area contributed by atoms with Crippen LogP contribution < -0.4 is 16.4 Å². The molecule has 0 bridgehead atoms. The number of nitrogens with two attached hydrogens (primary N) is 1. The predicted octanol–water partition coefficient (Wildman–Crippen LogP) is 4.98. The van der Waals surface area contributed by atoms with Crippen molar-refractivity contribution in [1.82, 2.24) is 15.6 Å². The molecule has 1 fully saturated rings. The summed E-state index contributed by atoms with van der Waals surface area (Å²) in [6.45, 7) is 3.66. The molecule has 12 heteroatoms. The first-order chi connectivity index (χ1) is 19.4. The van der Waals surface area contributed by atoms with E-state index in [2.05, 4.69) is 15.6 Å². The van der Waals surface area contributed by atoms with Gasteiger partial charge in [-0.2, -0.15) is 0 Å². The van der Waals surface area contributed by atoms with Crippen LogP contribution in [0.3, 0.4) is 0 Å². The van der Waals surface area contributed by atoms with E-state index in [1.165, 1.54) is 6.42 Å². The third-order valence-corrected chi connectivity index (χ3v) is 12.3. The molecule has 2 aliphatic rings. The first kappa shape index (κ1) is 31.7. The van der Waals surface area contributed by atoms with E-state index >= 15 is 0 Å². The van der Waals surface area contributed by atoms with Gasteiger partial charge in [0.25, 0.3) is 0 Å². The van der Waals surface area contributed by atoms with Crippen LogP contribution in [0.15, 0.2) is 12.1 Å². The molecule has 9 nitrogen and oxygen atoms in total. The minimum atomic E-state index is -1.32. The van der Waals surface area contributed by atoms with Crippen molar-refractivity contribution in [1.29, 1.82) is 0 Å². The van der Waals surface area contributed by atoms with E-state index in [0.717, 1.165) is 42.3 Å². The van der Waals surface area contributed by atoms with Crippen molar-refractivity contribution in [2.24, 2.45) is 17.6 Å². The molecule has 2 aromatic rings. The number of nitrogens with one attached hydrogen (secondary N) is 3. The molecule has 4 rings (SSSR count). The van der Waals surface area contributed by atoms with Gasteiger partial charge >= 0.3 is 258 Å². The van der Waals surface area contributed by atoms with Gasteiger partial charge in [-0.25, -0.2) is 0 Å². The van der Waals surface area contributed by atoms with Crippen LogP contribution in [0.4, 0.5) is 4.79 Å². The van der Waals surface area contributed by atoms with E-state index in [4.69, 9.17) is 28.9 Å². The van der Waals surface area contributed by atoms with E-state index in [9.17, 15) is 24.3 Å². The Hall–Kier alpha value is -2.22. The van der Waals surface area contributed by atoms with Gasteiger partial charge < -0.3 is 0 Å². The van der Waals surface area contributed by atoms with Gasteiger partial charge in [0.2, 0.25) is 0 Å². The molecule has 1 heterocycles. The Balaban J connectivity index is 1.70. The molecule has 223 valence electrons. The second kappa shape index (κ2) is 13.4. The maximum absolute atomic E-state index is 14.3. The SMILES string of the molecule is CC[C@H](C)[C@H](NC(=O)O)C(=O)N[C@]1(C(=O)[As][C@@H](CC2CCCCC2)C(N)=O)CCc2[nH]c3c(Cl)cc(Cl)cc3c2C1. The summed E-state index contributed by atoms with van der Waals surface area (Å²) in [7, 11) is 0. The number of H-pyrrole nitrogens is 1. The standard InChI is InChI=1S/C29H38AsCl2N4O5/c1-3-15(2)23(35-28(40)41)26(38)36-29(27(39)30-20(25(33)37)11-16-7-5-4-6-8-16)10-9-22-19(14-29)18-12-17(31)13-21(32)24(18)34-22/h12-13,15-16,20,23,34-35H,3-11,14H2,1-2H3,(H2,33,37)(H,36,38)(H,40,41)/t15-,20-,23-,29+/m0/s1. The summed E-state index contributed by atoms with van der Waals surface area (Å²) in [5, 5.41) is 16.4. The van der Waals surface area contributed by atoms with Gasteiger partial charge in [0.15, 0.2) is 0 Å². The number of halogens is 2. The number of aromatic amines is 1. The number of primary amides is 1. The topological polar surface area (TPSA) is 154 Å². The third-order valence-electron chi connectivity index (χ3n) is 8.73. The normalized spacial score (nSPS) is 21.8. The third kappa shape index (κ3) is 7.23. The molecular formula is C29H38AsCl2N4O5. The van der Waals surface area contributed by atoms with E-state index in [-0.39, 0.29) is 16.9 Å². The summed E-state index contributed by atoms with van der Waals surface area (Å²) < 4.78 is -0.737. The second-order valence-electron chi connectivity index (χ2n) is 11.5. The van der Waals surface area contributed by atoms with Crippen LogP contribution in [0.25, 0.3) is 10.9 Å². The Morgan fingerprint density at radius 1 is 1.20 bits per heavy atom. The number of amides is 3. The zero-order valence-electron chi connectivity index (χ0n) is 23.4. The van der Waals surface area contributed by atoms with Gasteiger partial charge in [0.05, 0.1) is 0 Å². The van der Waals surface area contributed by atoms with E-state index in [1.54, 1.807) is 19.1 Å². The molecule has 41 heavy (non-hydrogen) atoms. The molecular weight excluding hydrogens is 630 g/mol. The minimum absolute atomic E-state index is 0.175. The Labute approximate surface area is 256 Å². The van der Waals surface area contributed by atoms with Gasteiger partial charge in [-0.3, -0.25) is 0 Å². The summed E-state index contributed by atoms with van der Waals surface area (Å²) in [5.74, 6) is -0.975. The van der Waals surface area contributed by atoms with Crippen LogP contribution in [0.5, 0.6) is 0 Å². The van der Waals surface area contributed by atoms with Crippen LogP contribution in [-0.4, -0.2) is 59.9 Å². The summed E-state index contributed by atoms with van der Waals surface area (Å²) >= 11 is 11.6. The summed E-state index contributed by atoms with van der Waals surface area (Å²) in [5.41, 5.74) is 6.97. The van der Waals surface area contributed by atoms with E-state index in [0.29, 0.717) is 47.2 Å². The van der Waals surface area contributed by atoms with Crippen molar-refractivity contribution in [3.8, 4) is 0 Å². The maximum atomic E-state index is 14.3. The molecule has 4 atom stereocenters. The summed E-state index contributed by atoms with van der Waals surface area (Å²) in [6, 6.07) is 2.40. The molecule has 1 aromatic heterocycles. The summed E-state index contributed by atoms with van der Waals surface area (Å²) in [4.78, 5) is 55.5. The number of benzene rings is 1. The van der Waals surface area contributed by atoms with Crippen LogP contribution in [0.2, 0.25) is 14.8 Å². The molecule has 0 aliphatic heterocycles. The van der Waals surface area contributed by atoms with Crippen molar-refractivity contribution in [3.05, 3.63) is 33.4 Å². The molecule has 1 aromatic carbocycles. The van der Waals surface area contributed by atoms with Crippen molar-refractivity contribution in [2.75, 3.05) is 0 Å². The zero-order chi connectivity index (χ0) is 29.9. The fourth-order valence-electron chi connectivity index (χ4n) is 6.20. The van der Waals surface area contributed by atoms with Crippen molar-refractivity contribution in [2.45, 2.75) is 94.3 Å². The second-order valence-corrected chi connectivity index (χ2v) is 15.1. The number of hydrogen-bond acceptors (Lipinski definition) is 4. The molecule has 0 spiro atoms.